The Morgan fingerprint density at radius 1 is 1.19 bits per heavy atom. The van der Waals surface area contributed by atoms with Crippen molar-refractivity contribution in [3.8, 4) is 0 Å². The zero-order chi connectivity index (χ0) is 12.3. The van der Waals surface area contributed by atoms with E-state index in [2.05, 4.69) is 13.8 Å². The van der Waals surface area contributed by atoms with Crippen LogP contribution in [0.3, 0.4) is 0 Å². The predicted molar refractivity (Wildman–Crippen MR) is 65.4 cm³/mol. The molecule has 16 heavy (non-hydrogen) atoms. The van der Waals surface area contributed by atoms with E-state index in [0.717, 1.165) is 25.9 Å². The molecule has 1 saturated heterocycles. The Balaban J connectivity index is 2.49. The minimum Gasteiger partial charge on any atom is -0.444 e. The third-order valence-corrected chi connectivity index (χ3v) is 2.73. The summed E-state index contributed by atoms with van der Waals surface area (Å²) in [5.74, 6) is 0. The van der Waals surface area contributed by atoms with E-state index in [-0.39, 0.29) is 6.09 Å². The van der Waals surface area contributed by atoms with Crippen molar-refractivity contribution in [1.82, 2.24) is 4.90 Å². The van der Waals surface area contributed by atoms with Gasteiger partial charge in [-0.25, -0.2) is 4.79 Å². The number of carbonyl (C=O) groups is 1. The van der Waals surface area contributed by atoms with Crippen LogP contribution < -0.4 is 0 Å². The first-order chi connectivity index (χ1) is 7.29. The topological polar surface area (TPSA) is 29.5 Å². The Kier molecular flexibility index (Phi) is 4.00. The van der Waals surface area contributed by atoms with Crippen molar-refractivity contribution in [3.63, 3.8) is 0 Å². The number of nitrogens with zero attached hydrogens (tertiary/aromatic N) is 1. The van der Waals surface area contributed by atoms with Crippen LogP contribution in [0.5, 0.6) is 0 Å². The number of allylic oxidation sites excluding steroid dienone is 1. The molecular weight excluding hydrogens is 202 g/mol. The zero-order valence-electron chi connectivity index (χ0n) is 11.1. The fourth-order valence-electron chi connectivity index (χ4n) is 1.79. The van der Waals surface area contributed by atoms with E-state index >= 15 is 0 Å². The van der Waals surface area contributed by atoms with Crippen molar-refractivity contribution in [2.24, 2.45) is 0 Å². The summed E-state index contributed by atoms with van der Waals surface area (Å²) in [6.07, 6.45) is 1.80. The fourth-order valence-corrected chi connectivity index (χ4v) is 1.79. The summed E-state index contributed by atoms with van der Waals surface area (Å²) in [5.41, 5.74) is 2.48. The molecule has 1 rings (SSSR count). The number of rotatable bonds is 0. The number of hydrogen-bond donors (Lipinski definition) is 0. The van der Waals surface area contributed by atoms with Crippen LogP contribution in [-0.4, -0.2) is 29.7 Å². The lowest BCUT2D eigenvalue weighted by Gasteiger charge is -2.31. The van der Waals surface area contributed by atoms with Crippen molar-refractivity contribution >= 4 is 6.09 Å². The molecule has 0 atom stereocenters. The molecule has 1 heterocycles. The Morgan fingerprint density at radius 2 is 1.69 bits per heavy atom. The van der Waals surface area contributed by atoms with Crippen LogP contribution in [0.1, 0.15) is 47.5 Å². The Hall–Kier alpha value is -0.990. The Labute approximate surface area is 98.5 Å². The van der Waals surface area contributed by atoms with Crippen LogP contribution in [0.2, 0.25) is 0 Å². The number of amides is 1. The van der Waals surface area contributed by atoms with E-state index in [1.807, 2.05) is 20.8 Å². The molecule has 1 fully saturated rings. The van der Waals surface area contributed by atoms with Gasteiger partial charge < -0.3 is 9.64 Å². The monoisotopic (exact) mass is 225 g/mol. The molecule has 0 saturated carbocycles. The molecule has 1 aliphatic rings. The van der Waals surface area contributed by atoms with Crippen LogP contribution in [0.4, 0.5) is 4.79 Å². The van der Waals surface area contributed by atoms with Gasteiger partial charge in [0.15, 0.2) is 0 Å². The first-order valence-electron chi connectivity index (χ1n) is 5.93. The van der Waals surface area contributed by atoms with Crippen molar-refractivity contribution in [1.29, 1.82) is 0 Å². The minimum absolute atomic E-state index is 0.180. The van der Waals surface area contributed by atoms with Gasteiger partial charge in [-0.1, -0.05) is 11.1 Å². The molecule has 3 heteroatoms. The second kappa shape index (κ2) is 4.89. The third kappa shape index (κ3) is 3.87. The molecule has 0 aromatic carbocycles. The van der Waals surface area contributed by atoms with Crippen LogP contribution in [0.25, 0.3) is 0 Å². The highest BCUT2D eigenvalue weighted by molar-refractivity contribution is 5.68. The van der Waals surface area contributed by atoms with Gasteiger partial charge in [-0.15, -0.1) is 0 Å². The maximum atomic E-state index is 11.8. The van der Waals surface area contributed by atoms with Gasteiger partial charge in [0.2, 0.25) is 0 Å². The van der Waals surface area contributed by atoms with Crippen molar-refractivity contribution in [3.05, 3.63) is 11.1 Å². The number of ether oxygens (including phenoxy) is 1. The quantitative estimate of drug-likeness (QED) is 0.592. The normalized spacial score (nSPS) is 17.3. The second-order valence-corrected chi connectivity index (χ2v) is 5.57. The Morgan fingerprint density at radius 3 is 2.06 bits per heavy atom. The number of piperidine rings is 1. The smallest absolute Gasteiger partial charge is 0.410 e. The van der Waals surface area contributed by atoms with E-state index < -0.39 is 5.60 Å². The molecular formula is C13H23NO2. The summed E-state index contributed by atoms with van der Waals surface area (Å²) in [6.45, 7) is 11.5. The lowest BCUT2D eigenvalue weighted by atomic mass is 10.00. The van der Waals surface area contributed by atoms with E-state index in [1.54, 1.807) is 4.90 Å². The van der Waals surface area contributed by atoms with Gasteiger partial charge in [0.25, 0.3) is 0 Å². The highest BCUT2D eigenvalue weighted by Crippen LogP contribution is 2.21. The summed E-state index contributed by atoms with van der Waals surface area (Å²) >= 11 is 0. The molecule has 0 N–H and O–H groups in total. The Bertz CT molecular complexity index is 286. The maximum Gasteiger partial charge on any atom is 0.410 e. The van der Waals surface area contributed by atoms with Crippen LogP contribution in [-0.2, 0) is 4.74 Å². The van der Waals surface area contributed by atoms with Gasteiger partial charge >= 0.3 is 6.09 Å². The highest BCUT2D eigenvalue weighted by Gasteiger charge is 2.24. The molecule has 3 nitrogen and oxygen atoms in total. The first-order valence-corrected chi connectivity index (χ1v) is 5.93. The average Bonchev–Trinajstić information content (AvgIpc) is 2.15. The van der Waals surface area contributed by atoms with Gasteiger partial charge in [-0.05, 0) is 47.5 Å². The lowest BCUT2D eigenvalue weighted by Crippen LogP contribution is -2.40. The summed E-state index contributed by atoms with van der Waals surface area (Å²) < 4.78 is 5.34. The maximum absolute atomic E-state index is 11.8. The average molecular weight is 225 g/mol. The molecule has 1 amide bonds. The summed E-state index contributed by atoms with van der Waals surface area (Å²) in [5, 5.41) is 0. The van der Waals surface area contributed by atoms with Gasteiger partial charge in [-0.2, -0.15) is 0 Å². The lowest BCUT2D eigenvalue weighted by molar-refractivity contribution is 0.0236. The molecule has 0 radical (unpaired) electrons. The first kappa shape index (κ1) is 13.1. The van der Waals surface area contributed by atoms with E-state index in [1.165, 1.54) is 11.1 Å². The second-order valence-electron chi connectivity index (χ2n) is 5.57. The standard InChI is InChI=1S/C13H23NO2/c1-10(2)11-6-8-14(9-7-11)12(15)16-13(3,4)5/h6-9H2,1-5H3. The van der Waals surface area contributed by atoms with Gasteiger partial charge in [0.05, 0.1) is 0 Å². The van der Waals surface area contributed by atoms with Gasteiger partial charge in [-0.3, -0.25) is 0 Å². The molecule has 0 aliphatic carbocycles. The van der Waals surface area contributed by atoms with Crippen molar-refractivity contribution in [2.45, 2.75) is 53.1 Å². The fraction of sp³-hybridized carbons (Fsp3) is 0.769. The molecule has 92 valence electrons. The number of likely N-dealkylation sites (tertiary alicyclic amines) is 1. The van der Waals surface area contributed by atoms with E-state index in [0.29, 0.717) is 0 Å². The summed E-state index contributed by atoms with van der Waals surface area (Å²) in [7, 11) is 0. The summed E-state index contributed by atoms with van der Waals surface area (Å²) in [6, 6.07) is 0. The minimum atomic E-state index is -0.395. The molecule has 0 spiro atoms. The summed E-state index contributed by atoms with van der Waals surface area (Å²) in [4.78, 5) is 13.6. The van der Waals surface area contributed by atoms with Crippen molar-refractivity contribution in [2.75, 3.05) is 13.1 Å². The van der Waals surface area contributed by atoms with Crippen LogP contribution >= 0.6 is 0 Å². The molecule has 0 aromatic rings. The molecule has 0 unspecified atom stereocenters. The molecule has 1 aliphatic heterocycles. The molecule has 0 aromatic heterocycles. The zero-order valence-corrected chi connectivity index (χ0v) is 11.1. The van der Waals surface area contributed by atoms with Crippen LogP contribution in [0.15, 0.2) is 11.1 Å². The predicted octanol–water partition coefficient (Wildman–Crippen LogP) is 3.35. The van der Waals surface area contributed by atoms with E-state index in [4.69, 9.17) is 4.74 Å². The number of carbonyl (C=O) groups excluding carboxylic acids is 1. The van der Waals surface area contributed by atoms with Gasteiger partial charge in [0.1, 0.15) is 5.60 Å². The largest absolute Gasteiger partial charge is 0.444 e. The number of hydrogen-bond acceptors (Lipinski definition) is 2. The highest BCUT2D eigenvalue weighted by atomic mass is 16.6. The van der Waals surface area contributed by atoms with Gasteiger partial charge in [0, 0.05) is 13.1 Å². The van der Waals surface area contributed by atoms with E-state index in [9.17, 15) is 4.79 Å². The molecule has 0 bridgehead atoms. The SMILES string of the molecule is CC(C)=C1CCN(C(=O)OC(C)(C)C)CC1. The third-order valence-electron chi connectivity index (χ3n) is 2.73. The van der Waals surface area contributed by atoms with Crippen molar-refractivity contribution < 1.29 is 9.53 Å². The van der Waals surface area contributed by atoms with Crippen LogP contribution in [0, 0.1) is 0 Å².